The largest absolute Gasteiger partial charge is 0.573 e. The highest BCUT2D eigenvalue weighted by Crippen LogP contribution is 2.27. The molecule has 0 saturated heterocycles. The standard InChI is InChI=1S/C15H12F4N2O2/c1-21(14(22)11-6-7-20-8-12(11)16)9-10-4-2-3-5-13(10)23-15(17,18)19/h2-8H,9H2,1H3. The number of rotatable bonds is 4. The lowest BCUT2D eigenvalue weighted by Crippen LogP contribution is -2.28. The van der Waals surface area contributed by atoms with Crippen molar-refractivity contribution in [2.45, 2.75) is 12.9 Å². The Hall–Kier alpha value is -2.64. The summed E-state index contributed by atoms with van der Waals surface area (Å²) in [4.78, 5) is 16.8. The van der Waals surface area contributed by atoms with Crippen molar-refractivity contribution in [1.82, 2.24) is 9.88 Å². The SMILES string of the molecule is CN(Cc1ccccc1OC(F)(F)F)C(=O)c1ccncc1F. The van der Waals surface area contributed by atoms with Crippen LogP contribution in [0.2, 0.25) is 0 Å². The fourth-order valence-electron chi connectivity index (χ4n) is 1.94. The third-order valence-corrected chi connectivity index (χ3v) is 2.96. The van der Waals surface area contributed by atoms with E-state index < -0.39 is 23.8 Å². The number of ether oxygens (including phenoxy) is 1. The fourth-order valence-corrected chi connectivity index (χ4v) is 1.94. The topological polar surface area (TPSA) is 42.4 Å². The Morgan fingerprint density at radius 3 is 2.61 bits per heavy atom. The van der Waals surface area contributed by atoms with Crippen molar-refractivity contribution in [1.29, 1.82) is 0 Å². The molecule has 0 bridgehead atoms. The highest BCUT2D eigenvalue weighted by atomic mass is 19.4. The summed E-state index contributed by atoms with van der Waals surface area (Å²) in [5.41, 5.74) is -0.0631. The van der Waals surface area contributed by atoms with Gasteiger partial charge in [-0.15, -0.1) is 13.2 Å². The van der Waals surface area contributed by atoms with Crippen LogP contribution in [0.4, 0.5) is 17.6 Å². The van der Waals surface area contributed by atoms with Gasteiger partial charge in [0.15, 0.2) is 5.82 Å². The van der Waals surface area contributed by atoms with Gasteiger partial charge >= 0.3 is 6.36 Å². The van der Waals surface area contributed by atoms with Crippen LogP contribution in [0.3, 0.4) is 0 Å². The third kappa shape index (κ3) is 4.41. The number of benzene rings is 1. The second-order valence-corrected chi connectivity index (χ2v) is 4.67. The van der Waals surface area contributed by atoms with Crippen LogP contribution in [0.25, 0.3) is 0 Å². The number of aromatic nitrogens is 1. The molecule has 2 aromatic rings. The Morgan fingerprint density at radius 2 is 1.96 bits per heavy atom. The summed E-state index contributed by atoms with van der Waals surface area (Å²) < 4.78 is 54.6. The van der Waals surface area contributed by atoms with Gasteiger partial charge in [0.1, 0.15) is 5.75 Å². The Morgan fingerprint density at radius 1 is 1.26 bits per heavy atom. The lowest BCUT2D eigenvalue weighted by Gasteiger charge is -2.20. The molecule has 1 amide bonds. The minimum absolute atomic E-state index is 0.148. The van der Waals surface area contributed by atoms with E-state index in [0.29, 0.717) is 0 Å². The summed E-state index contributed by atoms with van der Waals surface area (Å²) in [6.07, 6.45) is -2.69. The number of pyridine rings is 1. The Bertz CT molecular complexity index is 704. The normalized spacial score (nSPS) is 11.2. The number of hydrogen-bond acceptors (Lipinski definition) is 3. The molecule has 0 fully saturated rings. The van der Waals surface area contributed by atoms with E-state index in [0.717, 1.165) is 17.2 Å². The molecular formula is C15H12F4N2O2. The summed E-state index contributed by atoms with van der Waals surface area (Å²) in [6.45, 7) is -0.174. The van der Waals surface area contributed by atoms with Gasteiger partial charge in [-0.3, -0.25) is 9.78 Å². The molecule has 0 aliphatic heterocycles. The minimum atomic E-state index is -4.84. The van der Waals surface area contributed by atoms with Crippen LogP contribution in [0.1, 0.15) is 15.9 Å². The highest BCUT2D eigenvalue weighted by Gasteiger charge is 2.32. The van der Waals surface area contributed by atoms with E-state index in [9.17, 15) is 22.4 Å². The van der Waals surface area contributed by atoms with E-state index in [-0.39, 0.29) is 17.7 Å². The summed E-state index contributed by atoms with van der Waals surface area (Å²) in [5, 5.41) is 0. The van der Waals surface area contributed by atoms with Crippen molar-refractivity contribution in [3.8, 4) is 5.75 Å². The van der Waals surface area contributed by atoms with Gasteiger partial charge in [0.05, 0.1) is 11.8 Å². The van der Waals surface area contributed by atoms with Crippen molar-refractivity contribution in [3.63, 3.8) is 0 Å². The molecule has 8 heteroatoms. The summed E-state index contributed by atoms with van der Waals surface area (Å²) in [6, 6.07) is 6.65. The molecule has 1 aromatic carbocycles. The molecule has 0 radical (unpaired) electrons. The Kier molecular flexibility index (Phi) is 4.83. The molecule has 2 rings (SSSR count). The zero-order chi connectivity index (χ0) is 17.0. The maximum Gasteiger partial charge on any atom is 0.573 e. The first-order valence-corrected chi connectivity index (χ1v) is 6.46. The molecule has 0 aliphatic carbocycles. The van der Waals surface area contributed by atoms with E-state index in [2.05, 4.69) is 9.72 Å². The summed E-state index contributed by atoms with van der Waals surface area (Å²) >= 11 is 0. The third-order valence-electron chi connectivity index (χ3n) is 2.96. The average Bonchev–Trinajstić information content (AvgIpc) is 2.47. The van der Waals surface area contributed by atoms with Crippen LogP contribution in [0.15, 0.2) is 42.7 Å². The molecule has 1 aromatic heterocycles. The quantitative estimate of drug-likeness (QED) is 0.808. The molecule has 23 heavy (non-hydrogen) atoms. The molecule has 0 saturated carbocycles. The van der Waals surface area contributed by atoms with E-state index in [1.807, 2.05) is 0 Å². The number of para-hydroxylation sites is 1. The predicted molar refractivity (Wildman–Crippen MR) is 73.1 cm³/mol. The van der Waals surface area contributed by atoms with Gasteiger partial charge in [0.2, 0.25) is 0 Å². The molecule has 0 spiro atoms. The lowest BCUT2D eigenvalue weighted by molar-refractivity contribution is -0.274. The molecule has 0 atom stereocenters. The van der Waals surface area contributed by atoms with Crippen molar-refractivity contribution in [3.05, 3.63) is 59.7 Å². The second-order valence-electron chi connectivity index (χ2n) is 4.67. The highest BCUT2D eigenvalue weighted by molar-refractivity contribution is 5.94. The van der Waals surface area contributed by atoms with Crippen LogP contribution in [-0.2, 0) is 6.54 Å². The van der Waals surface area contributed by atoms with E-state index in [1.165, 1.54) is 37.5 Å². The van der Waals surface area contributed by atoms with Gasteiger partial charge in [0.25, 0.3) is 5.91 Å². The Labute approximate surface area is 129 Å². The number of alkyl halides is 3. The number of halogens is 4. The minimum Gasteiger partial charge on any atom is -0.405 e. The number of hydrogen-bond donors (Lipinski definition) is 0. The van der Waals surface area contributed by atoms with Crippen molar-refractivity contribution in [2.75, 3.05) is 7.05 Å². The summed E-state index contributed by atoms with van der Waals surface area (Å²) in [7, 11) is 1.35. The molecule has 122 valence electrons. The van der Waals surface area contributed by atoms with Gasteiger partial charge in [-0.2, -0.15) is 0 Å². The first-order valence-electron chi connectivity index (χ1n) is 6.46. The van der Waals surface area contributed by atoms with E-state index in [4.69, 9.17) is 0 Å². The van der Waals surface area contributed by atoms with Gasteiger partial charge in [-0.1, -0.05) is 18.2 Å². The van der Waals surface area contributed by atoms with E-state index in [1.54, 1.807) is 0 Å². The van der Waals surface area contributed by atoms with Crippen molar-refractivity contribution in [2.24, 2.45) is 0 Å². The van der Waals surface area contributed by atoms with Crippen LogP contribution in [0, 0.1) is 5.82 Å². The lowest BCUT2D eigenvalue weighted by atomic mass is 10.1. The Balaban J connectivity index is 2.19. The number of carbonyl (C=O) groups is 1. The maximum atomic E-state index is 13.6. The molecule has 0 unspecified atom stereocenters. The van der Waals surface area contributed by atoms with Crippen molar-refractivity contribution >= 4 is 5.91 Å². The van der Waals surface area contributed by atoms with Gasteiger partial charge in [0, 0.05) is 25.4 Å². The average molecular weight is 328 g/mol. The first kappa shape index (κ1) is 16.7. The predicted octanol–water partition coefficient (Wildman–Crippen LogP) is 3.39. The van der Waals surface area contributed by atoms with Gasteiger partial charge < -0.3 is 9.64 Å². The summed E-state index contributed by atoms with van der Waals surface area (Å²) in [5.74, 6) is -1.88. The number of nitrogens with zero attached hydrogens (tertiary/aromatic N) is 2. The second kappa shape index (κ2) is 6.64. The van der Waals surface area contributed by atoms with Crippen LogP contribution < -0.4 is 4.74 Å². The van der Waals surface area contributed by atoms with Crippen molar-refractivity contribution < 1.29 is 27.1 Å². The number of amides is 1. The molecule has 0 N–H and O–H groups in total. The molecule has 1 heterocycles. The van der Waals surface area contributed by atoms with E-state index >= 15 is 0 Å². The van der Waals surface area contributed by atoms with Gasteiger partial charge in [-0.25, -0.2) is 4.39 Å². The maximum absolute atomic E-state index is 13.6. The van der Waals surface area contributed by atoms with Crippen LogP contribution >= 0.6 is 0 Å². The first-order chi connectivity index (χ1) is 10.8. The van der Waals surface area contributed by atoms with Gasteiger partial charge in [-0.05, 0) is 12.1 Å². The molecule has 0 aliphatic rings. The van der Waals surface area contributed by atoms with Crippen LogP contribution in [0.5, 0.6) is 5.75 Å². The smallest absolute Gasteiger partial charge is 0.405 e. The van der Waals surface area contributed by atoms with Crippen LogP contribution in [-0.4, -0.2) is 29.2 Å². The fraction of sp³-hybridized carbons (Fsp3) is 0.200. The molecular weight excluding hydrogens is 316 g/mol. The zero-order valence-electron chi connectivity index (χ0n) is 12.0. The molecule has 4 nitrogen and oxygen atoms in total. The monoisotopic (exact) mass is 328 g/mol. The zero-order valence-corrected chi connectivity index (χ0v) is 12.0. The number of carbonyl (C=O) groups excluding carboxylic acids is 1.